The fourth-order valence-electron chi connectivity index (χ4n) is 1.63. The lowest BCUT2D eigenvalue weighted by atomic mass is 10.0. The first-order chi connectivity index (χ1) is 8.06. The summed E-state index contributed by atoms with van der Waals surface area (Å²) in [4.78, 5) is 11.8. The van der Waals surface area contributed by atoms with Crippen molar-refractivity contribution in [3.8, 4) is 0 Å². The van der Waals surface area contributed by atoms with Gasteiger partial charge in [0.2, 0.25) is 0 Å². The first-order valence-electron chi connectivity index (χ1n) is 6.05. The highest BCUT2D eigenvalue weighted by Crippen LogP contribution is 2.17. The Morgan fingerprint density at radius 3 is 2.53 bits per heavy atom. The molecule has 0 radical (unpaired) electrons. The average Bonchev–Trinajstić information content (AvgIpc) is 2.27. The number of aryl methyl sites for hydroxylation is 1. The van der Waals surface area contributed by atoms with Gasteiger partial charge in [-0.15, -0.1) is 0 Å². The minimum absolute atomic E-state index is 0.189. The molecule has 0 saturated heterocycles. The maximum atomic E-state index is 11.8. The van der Waals surface area contributed by atoms with Gasteiger partial charge in [0.15, 0.2) is 0 Å². The molecule has 0 aliphatic heterocycles. The summed E-state index contributed by atoms with van der Waals surface area (Å²) in [6, 6.07) is 7.64. The zero-order chi connectivity index (χ0) is 12.8. The minimum Gasteiger partial charge on any atom is -0.464 e. The van der Waals surface area contributed by atoms with Gasteiger partial charge in [-0.2, -0.15) is 0 Å². The Morgan fingerprint density at radius 2 is 2.00 bits per heavy atom. The maximum Gasteiger partial charge on any atom is 0.328 e. The van der Waals surface area contributed by atoms with E-state index in [-0.39, 0.29) is 17.9 Å². The average molecular weight is 235 g/mol. The van der Waals surface area contributed by atoms with Crippen LogP contribution in [0.3, 0.4) is 0 Å². The van der Waals surface area contributed by atoms with Crippen LogP contribution >= 0.6 is 0 Å². The van der Waals surface area contributed by atoms with Gasteiger partial charge < -0.3 is 10.1 Å². The zero-order valence-electron chi connectivity index (χ0n) is 11.0. The molecule has 0 heterocycles. The van der Waals surface area contributed by atoms with E-state index in [0.717, 1.165) is 11.3 Å². The number of anilines is 1. The molecule has 3 nitrogen and oxygen atoms in total. The second-order valence-corrected chi connectivity index (χ2v) is 4.43. The Labute approximate surface area is 103 Å². The first kappa shape index (κ1) is 13.6. The summed E-state index contributed by atoms with van der Waals surface area (Å²) in [6.45, 7) is 8.27. The monoisotopic (exact) mass is 235 g/mol. The summed E-state index contributed by atoms with van der Waals surface area (Å²) >= 11 is 0. The smallest absolute Gasteiger partial charge is 0.328 e. The van der Waals surface area contributed by atoms with Crippen molar-refractivity contribution in [3.63, 3.8) is 0 Å². The van der Waals surface area contributed by atoms with Crippen LogP contribution < -0.4 is 5.32 Å². The fourth-order valence-corrected chi connectivity index (χ4v) is 1.63. The van der Waals surface area contributed by atoms with Crippen molar-refractivity contribution in [1.29, 1.82) is 0 Å². The van der Waals surface area contributed by atoms with E-state index in [1.165, 1.54) is 0 Å². The van der Waals surface area contributed by atoms with Crippen molar-refractivity contribution >= 4 is 11.7 Å². The molecule has 94 valence electrons. The molecule has 0 aliphatic carbocycles. The van der Waals surface area contributed by atoms with Crippen LogP contribution in [-0.4, -0.2) is 18.6 Å². The lowest BCUT2D eigenvalue weighted by Gasteiger charge is -2.22. The van der Waals surface area contributed by atoms with Crippen molar-refractivity contribution < 1.29 is 9.53 Å². The van der Waals surface area contributed by atoms with Crippen LogP contribution in [-0.2, 0) is 9.53 Å². The Balaban J connectivity index is 2.81. The number of nitrogens with one attached hydrogen (secondary N) is 1. The largest absolute Gasteiger partial charge is 0.464 e. The fraction of sp³-hybridized carbons (Fsp3) is 0.500. The van der Waals surface area contributed by atoms with Gasteiger partial charge in [-0.1, -0.05) is 32.0 Å². The third kappa shape index (κ3) is 3.77. The third-order valence-electron chi connectivity index (χ3n) is 2.66. The molecule has 1 rings (SSSR count). The second-order valence-electron chi connectivity index (χ2n) is 4.43. The highest BCUT2D eigenvalue weighted by molar-refractivity contribution is 5.80. The molecular formula is C14H21NO2. The normalized spacial score (nSPS) is 12.3. The molecule has 0 fully saturated rings. The summed E-state index contributed by atoms with van der Waals surface area (Å²) in [5.41, 5.74) is 2.11. The Hall–Kier alpha value is -1.51. The number of rotatable bonds is 5. The minimum atomic E-state index is -0.295. The predicted octanol–water partition coefficient (Wildman–Crippen LogP) is 2.99. The lowest BCUT2D eigenvalue weighted by molar-refractivity contribution is -0.145. The first-order valence-corrected chi connectivity index (χ1v) is 6.05. The zero-order valence-corrected chi connectivity index (χ0v) is 11.0. The summed E-state index contributed by atoms with van der Waals surface area (Å²) in [5.74, 6) is -0.000547. The highest BCUT2D eigenvalue weighted by atomic mass is 16.5. The quantitative estimate of drug-likeness (QED) is 0.797. The summed E-state index contributed by atoms with van der Waals surface area (Å²) < 4.78 is 5.08. The van der Waals surface area contributed by atoms with Crippen LogP contribution in [0.15, 0.2) is 24.3 Å². The Kier molecular flexibility index (Phi) is 5.01. The van der Waals surface area contributed by atoms with Crippen LogP contribution in [0.2, 0.25) is 0 Å². The number of hydrogen-bond acceptors (Lipinski definition) is 3. The van der Waals surface area contributed by atoms with E-state index in [4.69, 9.17) is 4.74 Å². The van der Waals surface area contributed by atoms with Crippen LogP contribution in [0.5, 0.6) is 0 Å². The maximum absolute atomic E-state index is 11.8. The van der Waals surface area contributed by atoms with Crippen molar-refractivity contribution in [3.05, 3.63) is 29.8 Å². The van der Waals surface area contributed by atoms with E-state index in [1.807, 2.05) is 52.0 Å². The molecule has 0 aliphatic rings. The molecule has 17 heavy (non-hydrogen) atoms. The van der Waals surface area contributed by atoms with Gasteiger partial charge in [-0.3, -0.25) is 0 Å². The molecule has 0 bridgehead atoms. The summed E-state index contributed by atoms with van der Waals surface area (Å²) in [5, 5.41) is 3.26. The van der Waals surface area contributed by atoms with E-state index in [2.05, 4.69) is 5.32 Å². The number of para-hydroxylation sites is 1. The van der Waals surface area contributed by atoms with E-state index < -0.39 is 0 Å². The summed E-state index contributed by atoms with van der Waals surface area (Å²) in [6.07, 6.45) is 0. The Morgan fingerprint density at radius 1 is 1.35 bits per heavy atom. The van der Waals surface area contributed by atoms with E-state index >= 15 is 0 Å². The number of carbonyl (C=O) groups excluding carboxylic acids is 1. The molecule has 0 aromatic heterocycles. The summed E-state index contributed by atoms with van der Waals surface area (Å²) in [7, 11) is 0. The number of benzene rings is 1. The van der Waals surface area contributed by atoms with Gasteiger partial charge in [0.05, 0.1) is 6.61 Å². The van der Waals surface area contributed by atoms with Crippen molar-refractivity contribution in [1.82, 2.24) is 0 Å². The molecular weight excluding hydrogens is 214 g/mol. The number of hydrogen-bond donors (Lipinski definition) is 1. The molecule has 3 heteroatoms. The topological polar surface area (TPSA) is 38.3 Å². The number of carbonyl (C=O) groups is 1. The number of ether oxygens (including phenoxy) is 1. The predicted molar refractivity (Wildman–Crippen MR) is 70.1 cm³/mol. The van der Waals surface area contributed by atoms with Crippen LogP contribution in [0.25, 0.3) is 0 Å². The molecule has 1 aromatic rings. The molecule has 1 N–H and O–H groups in total. The SMILES string of the molecule is CCOC(=O)[C@@H](Nc1ccccc1C)C(C)C. The van der Waals surface area contributed by atoms with E-state index in [9.17, 15) is 4.79 Å². The van der Waals surface area contributed by atoms with Crippen LogP contribution in [0.1, 0.15) is 26.3 Å². The lowest BCUT2D eigenvalue weighted by Crippen LogP contribution is -2.36. The van der Waals surface area contributed by atoms with Gasteiger partial charge in [-0.25, -0.2) is 4.79 Å². The van der Waals surface area contributed by atoms with E-state index in [1.54, 1.807) is 0 Å². The van der Waals surface area contributed by atoms with Crippen molar-refractivity contribution in [2.75, 3.05) is 11.9 Å². The van der Waals surface area contributed by atoms with Gasteiger partial charge in [-0.05, 0) is 31.4 Å². The van der Waals surface area contributed by atoms with Gasteiger partial charge >= 0.3 is 5.97 Å². The van der Waals surface area contributed by atoms with Crippen molar-refractivity contribution in [2.45, 2.75) is 33.7 Å². The molecule has 1 aromatic carbocycles. The molecule has 0 unspecified atom stereocenters. The standard InChI is InChI=1S/C14H21NO2/c1-5-17-14(16)13(10(2)3)15-12-9-7-6-8-11(12)4/h6-10,13,15H,5H2,1-4H3/t13-/m0/s1. The molecule has 0 amide bonds. The van der Waals surface area contributed by atoms with Crippen LogP contribution in [0, 0.1) is 12.8 Å². The second kappa shape index (κ2) is 6.28. The molecule has 0 spiro atoms. The molecule has 1 atom stereocenters. The Bertz CT molecular complexity index is 374. The van der Waals surface area contributed by atoms with Crippen LogP contribution in [0.4, 0.5) is 5.69 Å². The van der Waals surface area contributed by atoms with Gasteiger partial charge in [0.1, 0.15) is 6.04 Å². The van der Waals surface area contributed by atoms with E-state index in [0.29, 0.717) is 6.61 Å². The van der Waals surface area contributed by atoms with Gasteiger partial charge in [0, 0.05) is 5.69 Å². The highest BCUT2D eigenvalue weighted by Gasteiger charge is 2.23. The molecule has 0 saturated carbocycles. The van der Waals surface area contributed by atoms with Crippen molar-refractivity contribution in [2.24, 2.45) is 5.92 Å². The van der Waals surface area contributed by atoms with Gasteiger partial charge in [0.25, 0.3) is 0 Å². The third-order valence-corrected chi connectivity index (χ3v) is 2.66. The number of esters is 1.